The van der Waals surface area contributed by atoms with Gasteiger partial charge >= 0.3 is 0 Å². The van der Waals surface area contributed by atoms with Crippen LogP contribution in [0.4, 0.5) is 5.69 Å². The molecule has 0 aromatic heterocycles. The third-order valence-corrected chi connectivity index (χ3v) is 3.71. The van der Waals surface area contributed by atoms with Crippen LogP contribution in [-0.4, -0.2) is 31.0 Å². The maximum Gasteiger partial charge on any atom is 0.230 e. The maximum atomic E-state index is 11.9. The Hall–Kier alpha value is -1.63. The SMILES string of the molecule is [NH3+]CCCCCC[NH2+][C@@H](CC(=O)Nc1cccc(Cl)c1)C(=O)[O-]. The fourth-order valence-corrected chi connectivity index (χ4v) is 2.42. The number of carbonyl (C=O) groups excluding carboxylic acids is 2. The van der Waals surface area contributed by atoms with Gasteiger partial charge in [0.1, 0.15) is 6.04 Å². The van der Waals surface area contributed by atoms with Crippen LogP contribution < -0.4 is 21.5 Å². The van der Waals surface area contributed by atoms with E-state index in [4.69, 9.17) is 11.6 Å². The van der Waals surface area contributed by atoms with Crippen molar-refractivity contribution in [1.29, 1.82) is 0 Å². The second-order valence-electron chi connectivity index (χ2n) is 5.48. The molecule has 0 saturated carbocycles. The quantitative estimate of drug-likeness (QED) is 0.455. The Morgan fingerprint density at radius 1 is 1.26 bits per heavy atom. The number of carbonyl (C=O) groups is 2. The molecule has 0 unspecified atom stereocenters. The second-order valence-corrected chi connectivity index (χ2v) is 5.92. The molecular weight excluding hydrogens is 318 g/mol. The van der Waals surface area contributed by atoms with Gasteiger partial charge in [-0.15, -0.1) is 0 Å². The van der Waals surface area contributed by atoms with Crippen molar-refractivity contribution in [3.8, 4) is 0 Å². The van der Waals surface area contributed by atoms with E-state index >= 15 is 0 Å². The summed E-state index contributed by atoms with van der Waals surface area (Å²) in [5, 5.41) is 16.0. The highest BCUT2D eigenvalue weighted by Crippen LogP contribution is 2.15. The summed E-state index contributed by atoms with van der Waals surface area (Å²) in [6, 6.07) is 5.85. The molecule has 1 rings (SSSR count). The number of quaternary nitrogens is 2. The molecule has 6 N–H and O–H groups in total. The molecule has 1 atom stereocenters. The molecule has 0 radical (unpaired) electrons. The van der Waals surface area contributed by atoms with E-state index in [1.54, 1.807) is 29.6 Å². The molecule has 0 aliphatic carbocycles. The highest BCUT2D eigenvalue weighted by atomic mass is 35.5. The Kier molecular flexibility index (Phi) is 9.28. The molecule has 7 heteroatoms. The molecule has 1 amide bonds. The van der Waals surface area contributed by atoms with Crippen molar-refractivity contribution < 1.29 is 25.7 Å². The Balaban J connectivity index is 2.36. The van der Waals surface area contributed by atoms with Gasteiger partial charge in [0.05, 0.1) is 25.5 Å². The molecular formula is C16H25ClN3O3+. The Morgan fingerprint density at radius 3 is 2.65 bits per heavy atom. The summed E-state index contributed by atoms with van der Waals surface area (Å²) in [5.41, 5.74) is 4.33. The van der Waals surface area contributed by atoms with Crippen molar-refractivity contribution in [1.82, 2.24) is 0 Å². The lowest BCUT2D eigenvalue weighted by molar-refractivity contribution is -0.682. The van der Waals surface area contributed by atoms with Crippen molar-refractivity contribution in [2.24, 2.45) is 0 Å². The predicted octanol–water partition coefficient (Wildman–Crippen LogP) is -0.847. The lowest BCUT2D eigenvalue weighted by Crippen LogP contribution is -2.93. The van der Waals surface area contributed by atoms with E-state index in [1.807, 2.05) is 0 Å². The zero-order valence-corrected chi connectivity index (χ0v) is 14.0. The lowest BCUT2D eigenvalue weighted by Gasteiger charge is -2.16. The normalized spacial score (nSPS) is 11.9. The van der Waals surface area contributed by atoms with Gasteiger partial charge in [0.25, 0.3) is 0 Å². The number of hydrogen-bond acceptors (Lipinski definition) is 3. The van der Waals surface area contributed by atoms with Crippen LogP contribution in [0.1, 0.15) is 32.1 Å². The van der Waals surface area contributed by atoms with Gasteiger partial charge in [-0.1, -0.05) is 17.7 Å². The summed E-state index contributed by atoms with van der Waals surface area (Å²) < 4.78 is 0. The minimum atomic E-state index is -1.22. The smallest absolute Gasteiger partial charge is 0.230 e. The molecule has 6 nitrogen and oxygen atoms in total. The number of anilines is 1. The summed E-state index contributed by atoms with van der Waals surface area (Å²) in [5.74, 6) is -1.58. The largest absolute Gasteiger partial charge is 0.544 e. The molecule has 0 aliphatic heterocycles. The molecule has 0 bridgehead atoms. The van der Waals surface area contributed by atoms with Crippen molar-refractivity contribution in [2.75, 3.05) is 18.4 Å². The number of rotatable bonds is 11. The fraction of sp³-hybridized carbons (Fsp3) is 0.500. The van der Waals surface area contributed by atoms with Crippen molar-refractivity contribution in [3.63, 3.8) is 0 Å². The fourth-order valence-electron chi connectivity index (χ4n) is 2.23. The summed E-state index contributed by atoms with van der Waals surface area (Å²) in [6.07, 6.45) is 4.02. The van der Waals surface area contributed by atoms with Crippen LogP contribution in [0.5, 0.6) is 0 Å². The molecule has 0 spiro atoms. The van der Waals surface area contributed by atoms with E-state index in [2.05, 4.69) is 11.1 Å². The Labute approximate surface area is 141 Å². The molecule has 0 heterocycles. The summed E-state index contributed by atoms with van der Waals surface area (Å²) in [4.78, 5) is 23.1. The number of unbranched alkanes of at least 4 members (excludes halogenated alkanes) is 3. The maximum absolute atomic E-state index is 11.9. The average molecular weight is 343 g/mol. The third kappa shape index (κ3) is 8.54. The van der Waals surface area contributed by atoms with Crippen LogP contribution in [0.15, 0.2) is 24.3 Å². The third-order valence-electron chi connectivity index (χ3n) is 3.47. The first-order valence-corrected chi connectivity index (χ1v) is 8.29. The van der Waals surface area contributed by atoms with E-state index in [-0.39, 0.29) is 12.3 Å². The van der Waals surface area contributed by atoms with Crippen LogP contribution >= 0.6 is 11.6 Å². The zero-order chi connectivity index (χ0) is 17.1. The molecule has 23 heavy (non-hydrogen) atoms. The number of carboxylic acids is 1. The van der Waals surface area contributed by atoms with Crippen molar-refractivity contribution >= 4 is 29.2 Å². The van der Waals surface area contributed by atoms with E-state index < -0.39 is 12.0 Å². The zero-order valence-electron chi connectivity index (χ0n) is 13.2. The number of hydrogen-bond donors (Lipinski definition) is 3. The van der Waals surface area contributed by atoms with E-state index in [0.717, 1.165) is 32.2 Å². The molecule has 0 saturated heterocycles. The number of benzene rings is 1. The number of nitrogens with two attached hydrogens (primary N) is 1. The van der Waals surface area contributed by atoms with Gasteiger partial charge in [-0.2, -0.15) is 0 Å². The number of amides is 1. The summed E-state index contributed by atoms with van der Waals surface area (Å²) in [7, 11) is 0. The number of nitrogens with one attached hydrogen (secondary N) is 1. The Bertz CT molecular complexity index is 511. The standard InChI is InChI=1S/C16H24ClN3O3/c17-12-6-5-7-13(10-12)20-15(21)11-14(16(22)23)19-9-4-2-1-3-8-18/h5-7,10,14,19H,1-4,8-9,11,18H2,(H,20,21)(H,22,23)/p+1/t14-/m0/s1. The highest BCUT2D eigenvalue weighted by molar-refractivity contribution is 6.30. The summed E-state index contributed by atoms with van der Waals surface area (Å²) >= 11 is 5.84. The van der Waals surface area contributed by atoms with Gasteiger partial charge < -0.3 is 26.3 Å². The van der Waals surface area contributed by atoms with Crippen molar-refractivity contribution in [3.05, 3.63) is 29.3 Å². The molecule has 0 aliphatic rings. The van der Waals surface area contributed by atoms with E-state index in [9.17, 15) is 14.7 Å². The van der Waals surface area contributed by atoms with Gasteiger partial charge in [0, 0.05) is 10.7 Å². The van der Waals surface area contributed by atoms with Crippen LogP contribution in [0, 0.1) is 0 Å². The van der Waals surface area contributed by atoms with Gasteiger partial charge in [-0.3, -0.25) is 4.79 Å². The minimum Gasteiger partial charge on any atom is -0.544 e. The second kappa shape index (κ2) is 11.0. The lowest BCUT2D eigenvalue weighted by atomic mass is 10.1. The van der Waals surface area contributed by atoms with E-state index in [1.165, 1.54) is 0 Å². The first-order chi connectivity index (χ1) is 11.0. The number of aliphatic carboxylic acids is 1. The van der Waals surface area contributed by atoms with Crippen LogP contribution in [-0.2, 0) is 9.59 Å². The van der Waals surface area contributed by atoms with Gasteiger partial charge in [-0.05, 0) is 43.9 Å². The molecule has 1 aromatic rings. The molecule has 1 aromatic carbocycles. The van der Waals surface area contributed by atoms with Crippen molar-refractivity contribution in [2.45, 2.75) is 38.1 Å². The van der Waals surface area contributed by atoms with Gasteiger partial charge in [0.15, 0.2) is 0 Å². The van der Waals surface area contributed by atoms with Gasteiger partial charge in [0.2, 0.25) is 5.91 Å². The first kappa shape index (κ1) is 19.4. The van der Waals surface area contributed by atoms with Crippen LogP contribution in [0.25, 0.3) is 0 Å². The first-order valence-electron chi connectivity index (χ1n) is 7.91. The number of carboxylic acid groups (broad SMARTS) is 1. The average Bonchev–Trinajstić information content (AvgIpc) is 2.49. The molecule has 0 fully saturated rings. The molecule has 128 valence electrons. The number of halogens is 1. The van der Waals surface area contributed by atoms with Crippen LogP contribution in [0.3, 0.4) is 0 Å². The van der Waals surface area contributed by atoms with Gasteiger partial charge in [-0.25, -0.2) is 0 Å². The minimum absolute atomic E-state index is 0.131. The highest BCUT2D eigenvalue weighted by Gasteiger charge is 2.18. The monoisotopic (exact) mass is 342 g/mol. The van der Waals surface area contributed by atoms with Crippen LogP contribution in [0.2, 0.25) is 5.02 Å². The van der Waals surface area contributed by atoms with E-state index in [0.29, 0.717) is 17.3 Å². The Morgan fingerprint density at radius 2 is 2.00 bits per heavy atom. The summed E-state index contributed by atoms with van der Waals surface area (Å²) in [6.45, 7) is 1.59. The predicted molar refractivity (Wildman–Crippen MR) is 86.5 cm³/mol. The topological polar surface area (TPSA) is 113 Å².